The smallest absolute Gasteiger partial charge is 0.329 e. The second kappa shape index (κ2) is 10.1. The van der Waals surface area contributed by atoms with Gasteiger partial charge < -0.3 is 10.6 Å². The first-order valence-electron chi connectivity index (χ1n) is 10.6. The maximum atomic E-state index is 13.0. The van der Waals surface area contributed by atoms with Crippen LogP contribution in [0, 0.1) is 13.8 Å². The first-order chi connectivity index (χ1) is 16.6. The number of hydrogen-bond acceptors (Lipinski definition) is 3. The molecule has 182 valence electrons. The molecule has 0 aliphatic heterocycles. The number of benzene rings is 2. The van der Waals surface area contributed by atoms with Gasteiger partial charge in [0.05, 0.1) is 35.7 Å². The Kier molecular flexibility index (Phi) is 7.13. The molecule has 0 aliphatic rings. The molecule has 0 aliphatic carbocycles. The molecule has 2 aromatic carbocycles. The molecule has 2 aromatic heterocycles. The van der Waals surface area contributed by atoms with Crippen LogP contribution in [0.25, 0.3) is 0 Å². The van der Waals surface area contributed by atoms with Gasteiger partial charge in [-0.1, -0.05) is 35.9 Å². The summed E-state index contributed by atoms with van der Waals surface area (Å²) in [5.74, 6) is 0.572. The summed E-state index contributed by atoms with van der Waals surface area (Å²) in [7, 11) is 0. The summed E-state index contributed by atoms with van der Waals surface area (Å²) in [4.78, 5) is 0. The number of nitrogens with zero attached hydrogens (tertiary/aromatic N) is 4. The van der Waals surface area contributed by atoms with E-state index in [1.807, 2.05) is 37.4 Å². The number of thiocarbonyl (C=S) groups is 1. The van der Waals surface area contributed by atoms with Crippen LogP contribution >= 0.6 is 23.8 Å². The third-order valence-electron chi connectivity index (χ3n) is 5.35. The number of rotatable bonds is 6. The van der Waals surface area contributed by atoms with Gasteiger partial charge in [-0.3, -0.25) is 9.36 Å². The van der Waals surface area contributed by atoms with Gasteiger partial charge in [-0.15, -0.1) is 0 Å². The molecule has 4 rings (SSSR count). The van der Waals surface area contributed by atoms with Crippen molar-refractivity contribution in [2.75, 3.05) is 10.6 Å². The number of anilines is 2. The predicted molar refractivity (Wildman–Crippen MR) is 135 cm³/mol. The van der Waals surface area contributed by atoms with E-state index in [1.54, 1.807) is 28.4 Å². The molecule has 0 unspecified atom stereocenters. The quantitative estimate of drug-likeness (QED) is 0.294. The third kappa shape index (κ3) is 6.20. The second-order valence-electron chi connectivity index (χ2n) is 8.01. The number of nitrogens with one attached hydrogen (secondary N) is 2. The molecule has 11 heteroatoms. The van der Waals surface area contributed by atoms with Gasteiger partial charge in [-0.25, -0.2) is 0 Å². The molecular weight excluding hydrogens is 497 g/mol. The van der Waals surface area contributed by atoms with Gasteiger partial charge in [-0.2, -0.15) is 23.4 Å². The second-order valence-corrected chi connectivity index (χ2v) is 8.85. The molecule has 0 bridgehead atoms. The largest absolute Gasteiger partial charge is 0.416 e. The highest BCUT2D eigenvalue weighted by Crippen LogP contribution is 2.30. The van der Waals surface area contributed by atoms with Crippen molar-refractivity contribution in [2.24, 2.45) is 0 Å². The van der Waals surface area contributed by atoms with Gasteiger partial charge in [0.15, 0.2) is 10.9 Å². The highest BCUT2D eigenvalue weighted by Gasteiger charge is 2.30. The Bertz CT molecular complexity index is 1340. The lowest BCUT2D eigenvalue weighted by atomic mass is 10.1. The van der Waals surface area contributed by atoms with Crippen molar-refractivity contribution in [3.05, 3.63) is 93.9 Å². The van der Waals surface area contributed by atoms with Gasteiger partial charge in [0.2, 0.25) is 0 Å². The molecule has 0 amide bonds. The van der Waals surface area contributed by atoms with E-state index < -0.39 is 11.7 Å². The zero-order valence-corrected chi connectivity index (χ0v) is 20.5. The van der Waals surface area contributed by atoms with Crippen LogP contribution in [-0.2, 0) is 19.3 Å². The summed E-state index contributed by atoms with van der Waals surface area (Å²) in [6.07, 6.45) is -2.55. The molecule has 2 N–H and O–H groups in total. The highest BCUT2D eigenvalue weighted by molar-refractivity contribution is 7.80. The molecule has 0 atom stereocenters. The van der Waals surface area contributed by atoms with Crippen LogP contribution < -0.4 is 10.6 Å². The molecule has 0 saturated heterocycles. The van der Waals surface area contributed by atoms with E-state index in [1.165, 1.54) is 6.07 Å². The molecule has 35 heavy (non-hydrogen) atoms. The van der Waals surface area contributed by atoms with E-state index in [-0.39, 0.29) is 6.54 Å². The summed E-state index contributed by atoms with van der Waals surface area (Å²) in [5, 5.41) is 16.1. The minimum atomic E-state index is -4.39. The summed E-state index contributed by atoms with van der Waals surface area (Å²) in [6.45, 7) is 4.42. The van der Waals surface area contributed by atoms with Crippen molar-refractivity contribution in [2.45, 2.75) is 33.1 Å². The Morgan fingerprint density at radius 3 is 2.43 bits per heavy atom. The number of alkyl halides is 3. The molecule has 0 saturated carbocycles. The lowest BCUT2D eigenvalue weighted by Crippen LogP contribution is -2.20. The average molecular weight is 519 g/mol. The molecule has 6 nitrogen and oxygen atoms in total. The molecule has 4 aromatic rings. The van der Waals surface area contributed by atoms with Gasteiger partial charge in [0, 0.05) is 17.3 Å². The Labute approximate surface area is 210 Å². The van der Waals surface area contributed by atoms with Gasteiger partial charge in [-0.05, 0) is 61.5 Å². The topological polar surface area (TPSA) is 59.7 Å². The lowest BCUT2D eigenvalue weighted by molar-refractivity contribution is -0.137. The third-order valence-corrected chi connectivity index (χ3v) is 5.80. The zero-order valence-electron chi connectivity index (χ0n) is 18.9. The molecule has 2 heterocycles. The van der Waals surface area contributed by atoms with Gasteiger partial charge in [0.25, 0.3) is 0 Å². The van der Waals surface area contributed by atoms with E-state index in [0.29, 0.717) is 39.4 Å². The first kappa shape index (κ1) is 24.7. The minimum Gasteiger partial charge on any atom is -0.329 e. The maximum Gasteiger partial charge on any atom is 0.416 e. The fourth-order valence-corrected chi connectivity index (χ4v) is 3.94. The Hall–Kier alpha value is -3.37. The van der Waals surface area contributed by atoms with Crippen LogP contribution in [0.3, 0.4) is 0 Å². The van der Waals surface area contributed by atoms with Crippen LogP contribution in [0.4, 0.5) is 24.7 Å². The summed E-state index contributed by atoms with van der Waals surface area (Å²) in [5.41, 5.74) is 2.99. The van der Waals surface area contributed by atoms with Gasteiger partial charge in [0.1, 0.15) is 0 Å². The maximum absolute atomic E-state index is 13.0. The standard InChI is InChI=1S/C24H22ClF3N6S/c1-15-22(16(2)34(31-15)14-18-4-3-5-19(12-18)24(26,27)28)30-23(35)29-21-10-11-33(32-21)13-17-6-8-20(25)9-7-17/h3-12H,13-14H2,1-2H3,(H2,29,30,32,35). The predicted octanol–water partition coefficient (Wildman–Crippen LogP) is 6.27. The van der Waals surface area contributed by atoms with Crippen LogP contribution in [-0.4, -0.2) is 24.7 Å². The monoisotopic (exact) mass is 518 g/mol. The van der Waals surface area contributed by atoms with Crippen LogP contribution in [0.15, 0.2) is 60.8 Å². The lowest BCUT2D eigenvalue weighted by Gasteiger charge is -2.11. The van der Waals surface area contributed by atoms with Crippen molar-refractivity contribution in [1.29, 1.82) is 0 Å². The van der Waals surface area contributed by atoms with Crippen LogP contribution in [0.5, 0.6) is 0 Å². The van der Waals surface area contributed by atoms with Gasteiger partial charge >= 0.3 is 6.18 Å². The van der Waals surface area contributed by atoms with E-state index >= 15 is 0 Å². The van der Waals surface area contributed by atoms with E-state index in [9.17, 15) is 13.2 Å². The number of aryl methyl sites for hydroxylation is 1. The average Bonchev–Trinajstić information content (AvgIpc) is 3.34. The van der Waals surface area contributed by atoms with Crippen molar-refractivity contribution in [3.63, 3.8) is 0 Å². The van der Waals surface area contributed by atoms with Crippen LogP contribution in [0.1, 0.15) is 28.1 Å². The van der Waals surface area contributed by atoms with E-state index in [0.717, 1.165) is 23.4 Å². The minimum absolute atomic E-state index is 0.202. The van der Waals surface area contributed by atoms with Crippen LogP contribution in [0.2, 0.25) is 5.02 Å². The zero-order chi connectivity index (χ0) is 25.2. The summed E-state index contributed by atoms with van der Waals surface area (Å²) in [6, 6.07) is 14.6. The summed E-state index contributed by atoms with van der Waals surface area (Å²) < 4.78 is 42.5. The van der Waals surface area contributed by atoms with Crippen molar-refractivity contribution >= 4 is 40.4 Å². The number of aromatic nitrogens is 4. The SMILES string of the molecule is Cc1nn(Cc2cccc(C(F)(F)F)c2)c(C)c1NC(=S)Nc1ccn(Cc2ccc(Cl)cc2)n1. The number of halogens is 4. The number of hydrogen-bond donors (Lipinski definition) is 2. The first-order valence-corrected chi connectivity index (χ1v) is 11.4. The van der Waals surface area contributed by atoms with E-state index in [4.69, 9.17) is 23.8 Å². The highest BCUT2D eigenvalue weighted by atomic mass is 35.5. The Balaban J connectivity index is 1.40. The van der Waals surface area contributed by atoms with Crippen molar-refractivity contribution in [3.8, 4) is 0 Å². The fraction of sp³-hybridized carbons (Fsp3) is 0.208. The Morgan fingerprint density at radius 1 is 0.971 bits per heavy atom. The molecule has 0 fully saturated rings. The summed E-state index contributed by atoms with van der Waals surface area (Å²) >= 11 is 11.4. The molecule has 0 radical (unpaired) electrons. The molecule has 0 spiro atoms. The van der Waals surface area contributed by atoms with Crippen molar-refractivity contribution in [1.82, 2.24) is 19.6 Å². The fourth-order valence-electron chi connectivity index (χ4n) is 3.61. The van der Waals surface area contributed by atoms with Crippen molar-refractivity contribution < 1.29 is 13.2 Å². The normalized spacial score (nSPS) is 11.5. The van der Waals surface area contributed by atoms with E-state index in [2.05, 4.69) is 20.8 Å². The molecular formula is C24H22ClF3N6S. The Morgan fingerprint density at radius 2 is 1.71 bits per heavy atom.